The minimum Gasteiger partial charge on any atom is -0.490 e. The van der Waals surface area contributed by atoms with Crippen molar-refractivity contribution in [1.29, 1.82) is 0 Å². The van der Waals surface area contributed by atoms with Gasteiger partial charge in [-0.2, -0.15) is 13.2 Å². The van der Waals surface area contributed by atoms with Crippen LogP contribution in [-0.4, -0.2) is 11.4 Å². The Hall–Kier alpha value is -1.23. The molecule has 142 valence electrons. The van der Waals surface area contributed by atoms with E-state index in [-0.39, 0.29) is 17.2 Å². The molecule has 0 spiro atoms. The zero-order valence-electron chi connectivity index (χ0n) is 14.9. The van der Waals surface area contributed by atoms with E-state index in [0.29, 0.717) is 11.3 Å². The SMILES string of the molecule is CCC1CCC(Oc2ccc3cc(CCBr)ccc3c2C(F)(F)F)CC1. The summed E-state index contributed by atoms with van der Waals surface area (Å²) in [5.74, 6) is 0.652. The summed E-state index contributed by atoms with van der Waals surface area (Å²) in [6.07, 6.45) is 1.09. The lowest BCUT2D eigenvalue weighted by Crippen LogP contribution is -2.25. The minimum atomic E-state index is -4.44. The van der Waals surface area contributed by atoms with Crippen LogP contribution >= 0.6 is 15.9 Å². The first-order valence-electron chi connectivity index (χ1n) is 9.27. The predicted octanol–water partition coefficient (Wildman–Crippen LogP) is 7.14. The lowest BCUT2D eigenvalue weighted by atomic mass is 9.86. The number of halogens is 4. The third-order valence-corrected chi connectivity index (χ3v) is 5.77. The van der Waals surface area contributed by atoms with Gasteiger partial charge in [0.1, 0.15) is 11.3 Å². The van der Waals surface area contributed by atoms with Gasteiger partial charge in [0.05, 0.1) is 6.10 Å². The molecule has 0 bridgehead atoms. The molecule has 0 unspecified atom stereocenters. The topological polar surface area (TPSA) is 9.23 Å². The fraction of sp³-hybridized carbons (Fsp3) is 0.524. The van der Waals surface area contributed by atoms with Crippen LogP contribution in [-0.2, 0) is 12.6 Å². The highest BCUT2D eigenvalue weighted by Gasteiger charge is 2.37. The summed E-state index contributed by atoms with van der Waals surface area (Å²) in [6, 6.07) is 8.43. The molecule has 5 heteroatoms. The molecule has 26 heavy (non-hydrogen) atoms. The van der Waals surface area contributed by atoms with Crippen LogP contribution in [0.5, 0.6) is 5.75 Å². The molecule has 2 aromatic rings. The first-order chi connectivity index (χ1) is 12.4. The van der Waals surface area contributed by atoms with Crippen LogP contribution in [0.25, 0.3) is 10.8 Å². The van der Waals surface area contributed by atoms with Crippen LogP contribution in [0, 0.1) is 5.92 Å². The first-order valence-corrected chi connectivity index (χ1v) is 10.4. The van der Waals surface area contributed by atoms with Crippen molar-refractivity contribution in [2.45, 2.75) is 57.7 Å². The Kier molecular flexibility index (Phi) is 6.16. The predicted molar refractivity (Wildman–Crippen MR) is 103 cm³/mol. The van der Waals surface area contributed by atoms with E-state index >= 15 is 0 Å². The summed E-state index contributed by atoms with van der Waals surface area (Å²) < 4.78 is 47.3. The molecule has 1 saturated carbocycles. The molecule has 1 fully saturated rings. The van der Waals surface area contributed by atoms with Crippen LogP contribution < -0.4 is 4.74 Å². The van der Waals surface area contributed by atoms with E-state index in [9.17, 15) is 13.2 Å². The molecule has 0 heterocycles. The Morgan fingerprint density at radius 1 is 1.08 bits per heavy atom. The van der Waals surface area contributed by atoms with Crippen molar-refractivity contribution < 1.29 is 17.9 Å². The molecule has 1 aliphatic carbocycles. The molecular formula is C21H24BrF3O. The number of ether oxygens (including phenoxy) is 1. The van der Waals surface area contributed by atoms with Gasteiger partial charge in [-0.25, -0.2) is 0 Å². The molecule has 2 aromatic carbocycles. The highest BCUT2D eigenvalue weighted by molar-refractivity contribution is 9.09. The van der Waals surface area contributed by atoms with Crippen molar-refractivity contribution in [1.82, 2.24) is 0 Å². The largest absolute Gasteiger partial charge is 0.490 e. The molecule has 0 saturated heterocycles. The van der Waals surface area contributed by atoms with E-state index in [1.165, 1.54) is 6.07 Å². The summed E-state index contributed by atoms with van der Waals surface area (Å²) >= 11 is 3.37. The number of hydrogen-bond donors (Lipinski definition) is 0. The molecule has 0 amide bonds. The van der Waals surface area contributed by atoms with Gasteiger partial charge in [0.2, 0.25) is 0 Å². The second-order valence-electron chi connectivity index (χ2n) is 7.10. The van der Waals surface area contributed by atoms with Crippen molar-refractivity contribution in [3.05, 3.63) is 41.5 Å². The van der Waals surface area contributed by atoms with Crippen molar-refractivity contribution in [2.75, 3.05) is 5.33 Å². The molecular weight excluding hydrogens is 405 g/mol. The van der Waals surface area contributed by atoms with Gasteiger partial charge in [-0.3, -0.25) is 0 Å². The average molecular weight is 429 g/mol. The number of fused-ring (bicyclic) bond motifs is 1. The van der Waals surface area contributed by atoms with Gasteiger partial charge in [-0.1, -0.05) is 53.5 Å². The van der Waals surface area contributed by atoms with E-state index in [1.54, 1.807) is 18.2 Å². The van der Waals surface area contributed by atoms with Crippen molar-refractivity contribution >= 4 is 26.7 Å². The zero-order valence-corrected chi connectivity index (χ0v) is 16.5. The van der Waals surface area contributed by atoms with Gasteiger partial charge in [0.15, 0.2) is 0 Å². The van der Waals surface area contributed by atoms with Crippen molar-refractivity contribution in [2.24, 2.45) is 5.92 Å². The number of rotatable bonds is 5. The highest BCUT2D eigenvalue weighted by Crippen LogP contribution is 2.42. The van der Waals surface area contributed by atoms with Gasteiger partial charge in [-0.15, -0.1) is 0 Å². The highest BCUT2D eigenvalue weighted by atomic mass is 79.9. The standard InChI is InChI=1S/C21H24BrF3O/c1-2-14-3-7-17(8-4-14)26-19-10-6-16-13-15(11-12-22)5-9-18(16)20(19)21(23,24)25/h5-6,9-10,13-14,17H,2-4,7-8,11-12H2,1H3. The van der Waals surface area contributed by atoms with E-state index in [2.05, 4.69) is 22.9 Å². The van der Waals surface area contributed by atoms with Crippen LogP contribution in [0.3, 0.4) is 0 Å². The summed E-state index contributed by atoms with van der Waals surface area (Å²) in [5, 5.41) is 1.61. The second kappa shape index (κ2) is 8.20. The quantitative estimate of drug-likeness (QED) is 0.459. The van der Waals surface area contributed by atoms with Gasteiger partial charge in [0, 0.05) is 5.33 Å². The van der Waals surface area contributed by atoms with Crippen LogP contribution in [0.2, 0.25) is 0 Å². The molecule has 3 rings (SSSR count). The van der Waals surface area contributed by atoms with Gasteiger partial charge in [0.25, 0.3) is 0 Å². The third kappa shape index (κ3) is 4.36. The maximum atomic E-state index is 13.8. The Labute approximate surface area is 161 Å². The second-order valence-corrected chi connectivity index (χ2v) is 7.89. The number of hydrogen-bond acceptors (Lipinski definition) is 1. The maximum Gasteiger partial charge on any atom is 0.420 e. The zero-order chi connectivity index (χ0) is 18.7. The number of aryl methyl sites for hydroxylation is 1. The number of alkyl halides is 4. The normalized spacial score (nSPS) is 21.1. The minimum absolute atomic E-state index is 0.0295. The summed E-state index contributed by atoms with van der Waals surface area (Å²) in [6.45, 7) is 2.17. The monoisotopic (exact) mass is 428 g/mol. The molecule has 1 nitrogen and oxygen atoms in total. The number of benzene rings is 2. The smallest absolute Gasteiger partial charge is 0.420 e. The Balaban J connectivity index is 1.93. The van der Waals surface area contributed by atoms with E-state index in [4.69, 9.17) is 4.74 Å². The van der Waals surface area contributed by atoms with E-state index in [1.807, 2.05) is 6.07 Å². The molecule has 0 N–H and O–H groups in total. The Morgan fingerprint density at radius 3 is 2.42 bits per heavy atom. The van der Waals surface area contributed by atoms with Gasteiger partial charge >= 0.3 is 6.18 Å². The molecule has 0 radical (unpaired) electrons. The van der Waals surface area contributed by atoms with Gasteiger partial charge in [-0.05, 0) is 60.4 Å². The first kappa shape index (κ1) is 19.5. The maximum absolute atomic E-state index is 13.8. The lowest BCUT2D eigenvalue weighted by Gasteiger charge is -2.29. The van der Waals surface area contributed by atoms with E-state index in [0.717, 1.165) is 49.4 Å². The molecule has 0 aromatic heterocycles. The lowest BCUT2D eigenvalue weighted by molar-refractivity contribution is -0.138. The van der Waals surface area contributed by atoms with Crippen LogP contribution in [0.1, 0.15) is 50.2 Å². The molecule has 1 aliphatic rings. The fourth-order valence-corrected chi connectivity index (χ4v) is 4.31. The molecule has 0 aliphatic heterocycles. The van der Waals surface area contributed by atoms with Crippen LogP contribution in [0.4, 0.5) is 13.2 Å². The Morgan fingerprint density at radius 2 is 1.81 bits per heavy atom. The summed E-state index contributed by atoms with van der Waals surface area (Å²) in [4.78, 5) is 0. The van der Waals surface area contributed by atoms with Gasteiger partial charge < -0.3 is 4.74 Å². The van der Waals surface area contributed by atoms with Crippen molar-refractivity contribution in [3.63, 3.8) is 0 Å². The van der Waals surface area contributed by atoms with Crippen molar-refractivity contribution in [3.8, 4) is 5.75 Å². The third-order valence-electron chi connectivity index (χ3n) is 5.38. The Bertz CT molecular complexity index is 749. The summed E-state index contributed by atoms with van der Waals surface area (Å²) in [7, 11) is 0. The van der Waals surface area contributed by atoms with Crippen LogP contribution in [0.15, 0.2) is 30.3 Å². The fourth-order valence-electron chi connectivity index (χ4n) is 3.85. The molecule has 0 atom stereocenters. The summed E-state index contributed by atoms with van der Waals surface area (Å²) in [5.41, 5.74) is 0.382. The average Bonchev–Trinajstić information content (AvgIpc) is 2.61. The van der Waals surface area contributed by atoms with E-state index < -0.39 is 11.7 Å².